The van der Waals surface area contributed by atoms with E-state index in [1.807, 2.05) is 30.3 Å². The molecule has 9 heteroatoms. The molecule has 2 unspecified atom stereocenters. The summed E-state index contributed by atoms with van der Waals surface area (Å²) in [6, 6.07) is 8.24. The minimum absolute atomic E-state index is 0.0236. The van der Waals surface area contributed by atoms with E-state index in [9.17, 15) is 18.0 Å². The van der Waals surface area contributed by atoms with Crippen LogP contribution in [0.3, 0.4) is 0 Å². The molecule has 3 heterocycles. The molecular formula is C19H19F3N4O2. The topological polar surface area (TPSA) is 66.5 Å². The maximum atomic E-state index is 13.5. The lowest BCUT2D eigenvalue weighted by Crippen LogP contribution is -2.63. The van der Waals surface area contributed by atoms with Crippen molar-refractivity contribution in [3.8, 4) is 5.75 Å². The molecule has 2 aliphatic rings. The fraction of sp³-hybridized carbons (Fsp3) is 0.368. The van der Waals surface area contributed by atoms with Gasteiger partial charge in [-0.15, -0.1) is 0 Å². The lowest BCUT2D eigenvalue weighted by atomic mass is 9.95. The highest BCUT2D eigenvalue weighted by atomic mass is 19.4. The molecule has 1 amide bonds. The van der Waals surface area contributed by atoms with Crippen molar-refractivity contribution in [2.24, 2.45) is 5.92 Å². The quantitative estimate of drug-likeness (QED) is 0.835. The van der Waals surface area contributed by atoms with Gasteiger partial charge in [0.2, 0.25) is 5.91 Å². The molecule has 0 bridgehead atoms. The first-order valence-corrected chi connectivity index (χ1v) is 8.89. The Kier molecular flexibility index (Phi) is 4.94. The molecule has 0 spiro atoms. The van der Waals surface area contributed by atoms with E-state index in [1.165, 1.54) is 0 Å². The third kappa shape index (κ3) is 3.67. The number of hydrogen-bond donors (Lipinski definition) is 2. The Hall–Kier alpha value is -2.65. The van der Waals surface area contributed by atoms with Crippen LogP contribution in [-0.4, -0.2) is 34.6 Å². The number of benzene rings is 1. The molecule has 2 atom stereocenters. The molecule has 1 fully saturated rings. The normalized spacial score (nSPS) is 22.6. The number of nitrogens with one attached hydrogen (secondary N) is 2. The zero-order chi connectivity index (χ0) is 19.7. The standard InChI is InChI=1S/C19H19F3N4O2/c20-19(21,22)17-15(8-24-25-18(17)27)26-9-13-4-1-5-16(14(13)10-26)28-11-12-3-2-6-23-7-12/h1-7,15,17,24H,8-11H2,(H,25,27). The van der Waals surface area contributed by atoms with Gasteiger partial charge in [-0.25, -0.2) is 5.43 Å². The van der Waals surface area contributed by atoms with Crippen LogP contribution in [0.1, 0.15) is 16.7 Å². The Labute approximate surface area is 159 Å². The first-order valence-electron chi connectivity index (χ1n) is 8.89. The number of amides is 1. The molecule has 0 radical (unpaired) electrons. The number of alkyl halides is 3. The molecule has 1 saturated heterocycles. The minimum atomic E-state index is -4.61. The van der Waals surface area contributed by atoms with Crippen molar-refractivity contribution >= 4 is 5.91 Å². The van der Waals surface area contributed by atoms with Crippen LogP contribution in [-0.2, 0) is 24.5 Å². The van der Waals surface area contributed by atoms with E-state index in [1.54, 1.807) is 17.3 Å². The molecule has 0 aliphatic carbocycles. The first-order chi connectivity index (χ1) is 13.4. The molecule has 148 valence electrons. The van der Waals surface area contributed by atoms with E-state index in [4.69, 9.17) is 4.74 Å². The van der Waals surface area contributed by atoms with Crippen LogP contribution in [0.25, 0.3) is 0 Å². The van der Waals surface area contributed by atoms with Crippen molar-refractivity contribution in [3.05, 3.63) is 59.4 Å². The number of hydrazine groups is 1. The lowest BCUT2D eigenvalue weighted by molar-refractivity contribution is -0.201. The van der Waals surface area contributed by atoms with Crippen molar-refractivity contribution in [1.29, 1.82) is 0 Å². The van der Waals surface area contributed by atoms with E-state index in [0.717, 1.165) is 16.7 Å². The highest BCUT2D eigenvalue weighted by Gasteiger charge is 2.53. The molecule has 6 nitrogen and oxygen atoms in total. The summed E-state index contributed by atoms with van der Waals surface area (Å²) in [6.07, 6.45) is -1.23. The van der Waals surface area contributed by atoms with Crippen molar-refractivity contribution in [1.82, 2.24) is 20.7 Å². The fourth-order valence-electron chi connectivity index (χ4n) is 3.75. The average Bonchev–Trinajstić information content (AvgIpc) is 3.11. The van der Waals surface area contributed by atoms with Gasteiger partial charge in [-0.05, 0) is 17.7 Å². The second kappa shape index (κ2) is 7.40. The summed E-state index contributed by atoms with van der Waals surface area (Å²) in [6.45, 7) is 0.981. The smallest absolute Gasteiger partial charge is 0.402 e. The van der Waals surface area contributed by atoms with Gasteiger partial charge in [-0.2, -0.15) is 13.2 Å². The van der Waals surface area contributed by atoms with Crippen LogP contribution < -0.4 is 15.6 Å². The van der Waals surface area contributed by atoms with Gasteiger partial charge in [0, 0.05) is 49.2 Å². The van der Waals surface area contributed by atoms with E-state index in [0.29, 0.717) is 25.4 Å². The van der Waals surface area contributed by atoms with Crippen molar-refractivity contribution < 1.29 is 22.7 Å². The fourth-order valence-corrected chi connectivity index (χ4v) is 3.75. The van der Waals surface area contributed by atoms with Gasteiger partial charge in [-0.3, -0.25) is 20.1 Å². The summed E-state index contributed by atoms with van der Waals surface area (Å²) < 4.78 is 46.3. The molecule has 1 aromatic carbocycles. The zero-order valence-corrected chi connectivity index (χ0v) is 14.9. The van der Waals surface area contributed by atoms with E-state index < -0.39 is 24.0 Å². The molecular weight excluding hydrogens is 373 g/mol. The largest absolute Gasteiger partial charge is 0.489 e. The number of rotatable bonds is 4. The van der Waals surface area contributed by atoms with Gasteiger partial charge in [-0.1, -0.05) is 18.2 Å². The summed E-state index contributed by atoms with van der Waals surface area (Å²) in [5, 5.41) is 0. The molecule has 2 aromatic rings. The van der Waals surface area contributed by atoms with E-state index >= 15 is 0 Å². The number of nitrogens with zero attached hydrogens (tertiary/aromatic N) is 2. The number of hydrogen-bond acceptors (Lipinski definition) is 5. The van der Waals surface area contributed by atoms with Crippen LogP contribution in [0.5, 0.6) is 5.75 Å². The highest BCUT2D eigenvalue weighted by molar-refractivity contribution is 5.80. The molecule has 1 aromatic heterocycles. The maximum absolute atomic E-state index is 13.5. The van der Waals surface area contributed by atoms with Crippen LogP contribution in [0.15, 0.2) is 42.7 Å². The van der Waals surface area contributed by atoms with Gasteiger partial charge in [0.25, 0.3) is 0 Å². The van der Waals surface area contributed by atoms with Crippen LogP contribution >= 0.6 is 0 Å². The summed E-state index contributed by atoms with van der Waals surface area (Å²) in [4.78, 5) is 17.6. The SMILES string of the molecule is O=C1NNCC(N2Cc3cccc(OCc4cccnc4)c3C2)C1C(F)(F)F. The predicted octanol–water partition coefficient (Wildman–Crippen LogP) is 2.16. The van der Waals surface area contributed by atoms with Crippen LogP contribution in [0.4, 0.5) is 13.2 Å². The van der Waals surface area contributed by atoms with Gasteiger partial charge in [0.15, 0.2) is 5.92 Å². The van der Waals surface area contributed by atoms with Crippen molar-refractivity contribution in [2.75, 3.05) is 6.54 Å². The number of ether oxygens (including phenoxy) is 1. The highest BCUT2D eigenvalue weighted by Crippen LogP contribution is 2.38. The Balaban J connectivity index is 1.52. The summed E-state index contributed by atoms with van der Waals surface area (Å²) in [5.41, 5.74) is 7.34. The molecule has 28 heavy (non-hydrogen) atoms. The molecule has 0 saturated carbocycles. The number of halogens is 3. The second-order valence-corrected chi connectivity index (χ2v) is 6.91. The number of fused-ring (bicyclic) bond motifs is 1. The van der Waals surface area contributed by atoms with Crippen molar-refractivity contribution in [3.63, 3.8) is 0 Å². The van der Waals surface area contributed by atoms with E-state index in [-0.39, 0.29) is 6.54 Å². The number of aromatic nitrogens is 1. The van der Waals surface area contributed by atoms with Crippen molar-refractivity contribution in [2.45, 2.75) is 31.9 Å². The Bertz CT molecular complexity index is 860. The summed E-state index contributed by atoms with van der Waals surface area (Å²) >= 11 is 0. The minimum Gasteiger partial charge on any atom is -0.489 e. The third-order valence-electron chi connectivity index (χ3n) is 5.09. The molecule has 2 N–H and O–H groups in total. The van der Waals surface area contributed by atoms with Gasteiger partial charge in [0.05, 0.1) is 0 Å². The Morgan fingerprint density at radius 2 is 2.07 bits per heavy atom. The Morgan fingerprint density at radius 3 is 2.82 bits per heavy atom. The summed E-state index contributed by atoms with van der Waals surface area (Å²) in [7, 11) is 0. The predicted molar refractivity (Wildman–Crippen MR) is 93.7 cm³/mol. The maximum Gasteiger partial charge on any atom is 0.402 e. The first kappa shape index (κ1) is 18.7. The molecule has 4 rings (SSSR count). The number of carbonyl (C=O) groups excluding carboxylic acids is 1. The number of pyridine rings is 1. The second-order valence-electron chi connectivity index (χ2n) is 6.91. The van der Waals surface area contributed by atoms with E-state index in [2.05, 4.69) is 15.8 Å². The lowest BCUT2D eigenvalue weighted by Gasteiger charge is -2.38. The summed E-state index contributed by atoms with van der Waals surface area (Å²) in [5.74, 6) is -2.48. The average molecular weight is 392 g/mol. The van der Waals surface area contributed by atoms with Gasteiger partial charge in [0.1, 0.15) is 12.4 Å². The third-order valence-corrected chi connectivity index (χ3v) is 5.09. The number of carbonyl (C=O) groups is 1. The van der Waals surface area contributed by atoms with Crippen LogP contribution in [0.2, 0.25) is 0 Å². The van der Waals surface area contributed by atoms with Gasteiger partial charge >= 0.3 is 6.18 Å². The Morgan fingerprint density at radius 1 is 1.21 bits per heavy atom. The monoisotopic (exact) mass is 392 g/mol. The zero-order valence-electron chi connectivity index (χ0n) is 14.9. The molecule has 2 aliphatic heterocycles. The van der Waals surface area contributed by atoms with Gasteiger partial charge < -0.3 is 4.74 Å². The van der Waals surface area contributed by atoms with Crippen LogP contribution in [0, 0.1) is 5.92 Å².